The van der Waals surface area contributed by atoms with Gasteiger partial charge in [-0.2, -0.15) is 0 Å². The van der Waals surface area contributed by atoms with Crippen LogP contribution >= 0.6 is 23.2 Å². The molecule has 1 saturated carbocycles. The van der Waals surface area contributed by atoms with E-state index in [0.29, 0.717) is 51.3 Å². The Morgan fingerprint density at radius 1 is 1.04 bits per heavy atom. The predicted molar refractivity (Wildman–Crippen MR) is 179 cm³/mol. The molecule has 3 aromatic heterocycles. The van der Waals surface area contributed by atoms with Crippen molar-refractivity contribution in [2.24, 2.45) is 11.8 Å². The Morgan fingerprint density at radius 3 is 2.51 bits per heavy atom. The number of halogens is 2. The summed E-state index contributed by atoms with van der Waals surface area (Å²) in [4.78, 5) is 42.0. The maximum Gasteiger partial charge on any atom is 0.232 e. The minimum atomic E-state index is -0.330. The van der Waals surface area contributed by atoms with Gasteiger partial charge in [0.2, 0.25) is 5.88 Å². The number of pyridine rings is 3. The van der Waals surface area contributed by atoms with E-state index >= 15 is 0 Å². The molecule has 2 aliphatic heterocycles. The molecule has 1 unspecified atom stereocenters. The second-order valence-corrected chi connectivity index (χ2v) is 13.6. The van der Waals surface area contributed by atoms with Gasteiger partial charge in [0, 0.05) is 43.5 Å². The normalized spacial score (nSPS) is 20.2. The lowest BCUT2D eigenvalue weighted by molar-refractivity contribution is 0.101. The Labute approximate surface area is 272 Å². The van der Waals surface area contributed by atoms with Crippen LogP contribution in [0.15, 0.2) is 59.8 Å². The van der Waals surface area contributed by atoms with E-state index in [9.17, 15) is 9.59 Å². The Kier molecular flexibility index (Phi) is 7.96. The van der Waals surface area contributed by atoms with Crippen molar-refractivity contribution < 1.29 is 9.53 Å². The Hall–Kier alpha value is -3.66. The van der Waals surface area contributed by atoms with Crippen LogP contribution in [0.4, 0.5) is 11.5 Å². The first-order valence-corrected chi connectivity index (χ1v) is 16.2. The number of Topliss-reactive ketones (excluding diaryl/α,β-unsaturated/α-hetero) is 1. The highest BCUT2D eigenvalue weighted by Gasteiger charge is 2.42. The molecule has 1 aromatic carbocycles. The van der Waals surface area contributed by atoms with Gasteiger partial charge in [-0.25, -0.2) is 9.97 Å². The number of anilines is 2. The van der Waals surface area contributed by atoms with Crippen molar-refractivity contribution in [1.82, 2.24) is 19.4 Å². The summed E-state index contributed by atoms with van der Waals surface area (Å²) in [5.74, 6) is 2.24. The average Bonchev–Trinajstić information content (AvgIpc) is 3.76. The van der Waals surface area contributed by atoms with E-state index in [-0.39, 0.29) is 22.8 Å². The van der Waals surface area contributed by atoms with Crippen LogP contribution in [0.25, 0.3) is 16.6 Å². The number of rotatable bonds is 9. The SMILES string of the molecule is CC(=O)c1cn(-c2ccc(N3CC(N(C)C)C3)nc2)c2cc(N3CC(C4CC4)C[C@@H]3COc3ncccc3Cl)c(Cl)cc2c1=O. The van der Waals surface area contributed by atoms with Gasteiger partial charge >= 0.3 is 0 Å². The molecule has 3 fully saturated rings. The molecular weight excluding hydrogens is 611 g/mol. The lowest BCUT2D eigenvalue weighted by Crippen LogP contribution is -2.57. The van der Waals surface area contributed by atoms with Gasteiger partial charge in [0.25, 0.3) is 0 Å². The summed E-state index contributed by atoms with van der Waals surface area (Å²) in [5, 5.41) is 1.33. The van der Waals surface area contributed by atoms with Gasteiger partial charge in [-0.3, -0.25) is 9.59 Å². The van der Waals surface area contributed by atoms with Gasteiger partial charge in [0.1, 0.15) is 17.4 Å². The average molecular weight is 648 g/mol. The van der Waals surface area contributed by atoms with Crippen LogP contribution in [0, 0.1) is 11.8 Å². The van der Waals surface area contributed by atoms with Crippen LogP contribution in [0.3, 0.4) is 0 Å². The molecule has 9 nitrogen and oxygen atoms in total. The zero-order valence-electron chi connectivity index (χ0n) is 25.6. The van der Waals surface area contributed by atoms with E-state index in [0.717, 1.165) is 43.2 Å². The standard InChI is InChI=1S/C34H36Cl2N6O3/c1-20(43)27-18-42(23-8-9-32(38-14-23)40-16-25(17-40)39(2)3)30-13-31(29(36)12-26(30)33(27)44)41-15-22(21-6-7-21)11-24(41)19-45-34-28(35)5-4-10-37-34/h4-5,8-10,12-14,18,21-22,24-25H,6-7,11,15-17,19H2,1-3H3/t22?,24-/m1/s1. The van der Waals surface area contributed by atoms with Crippen LogP contribution < -0.4 is 20.0 Å². The number of ketones is 1. The fraction of sp³-hybridized carbons (Fsp3) is 0.412. The molecule has 7 rings (SSSR count). The molecule has 0 spiro atoms. The highest BCUT2D eigenvalue weighted by atomic mass is 35.5. The molecule has 0 N–H and O–H groups in total. The van der Waals surface area contributed by atoms with Crippen molar-refractivity contribution in [1.29, 1.82) is 0 Å². The molecule has 5 heterocycles. The lowest BCUT2D eigenvalue weighted by Gasteiger charge is -2.43. The van der Waals surface area contributed by atoms with Crippen molar-refractivity contribution in [2.75, 3.05) is 50.1 Å². The number of carbonyl (C=O) groups is 1. The number of hydrogen-bond acceptors (Lipinski definition) is 8. The van der Waals surface area contributed by atoms with Crippen LogP contribution in [0.1, 0.15) is 36.5 Å². The van der Waals surface area contributed by atoms with Gasteiger partial charge < -0.3 is 24.0 Å². The van der Waals surface area contributed by atoms with E-state index in [1.807, 2.05) is 22.8 Å². The maximum atomic E-state index is 13.5. The molecule has 3 aliphatic rings. The van der Waals surface area contributed by atoms with E-state index in [1.165, 1.54) is 19.8 Å². The van der Waals surface area contributed by atoms with E-state index in [1.54, 1.807) is 36.8 Å². The first kappa shape index (κ1) is 30.0. The summed E-state index contributed by atoms with van der Waals surface area (Å²) in [6.45, 7) is 4.50. The Bertz CT molecular complexity index is 1820. The highest BCUT2D eigenvalue weighted by Crippen LogP contribution is 2.46. The van der Waals surface area contributed by atoms with Gasteiger partial charge in [-0.05, 0) is 88.5 Å². The lowest BCUT2D eigenvalue weighted by atomic mass is 10.0. The first-order valence-electron chi connectivity index (χ1n) is 15.5. The fourth-order valence-corrected chi connectivity index (χ4v) is 7.11. The number of fused-ring (bicyclic) bond motifs is 1. The van der Waals surface area contributed by atoms with Gasteiger partial charge in [-0.15, -0.1) is 0 Å². The molecule has 2 saturated heterocycles. The number of ether oxygens (including phenoxy) is 1. The minimum absolute atomic E-state index is 0.0451. The summed E-state index contributed by atoms with van der Waals surface area (Å²) in [6, 6.07) is 11.8. The molecule has 45 heavy (non-hydrogen) atoms. The summed E-state index contributed by atoms with van der Waals surface area (Å²) >= 11 is 13.3. The molecular formula is C34H36Cl2N6O3. The van der Waals surface area contributed by atoms with Crippen LogP contribution in [0.5, 0.6) is 5.88 Å². The van der Waals surface area contributed by atoms with Crippen molar-refractivity contribution in [3.8, 4) is 11.6 Å². The van der Waals surface area contributed by atoms with E-state index in [4.69, 9.17) is 32.9 Å². The first-order chi connectivity index (χ1) is 21.7. The highest BCUT2D eigenvalue weighted by molar-refractivity contribution is 6.34. The van der Waals surface area contributed by atoms with Crippen molar-refractivity contribution in [3.63, 3.8) is 0 Å². The number of aromatic nitrogens is 3. The molecule has 0 amide bonds. The quantitative estimate of drug-likeness (QED) is 0.213. The van der Waals surface area contributed by atoms with Crippen molar-refractivity contribution in [2.45, 2.75) is 38.3 Å². The maximum absolute atomic E-state index is 13.5. The summed E-state index contributed by atoms with van der Waals surface area (Å²) in [6.07, 6.45) is 8.55. The van der Waals surface area contributed by atoms with Gasteiger partial charge in [0.05, 0.1) is 39.7 Å². The van der Waals surface area contributed by atoms with Gasteiger partial charge in [-0.1, -0.05) is 23.2 Å². The number of carbonyl (C=O) groups excluding carboxylic acids is 1. The molecule has 0 bridgehead atoms. The summed E-state index contributed by atoms with van der Waals surface area (Å²) in [7, 11) is 4.18. The third kappa shape index (κ3) is 5.77. The second kappa shape index (κ2) is 11.9. The smallest absolute Gasteiger partial charge is 0.232 e. The summed E-state index contributed by atoms with van der Waals surface area (Å²) < 4.78 is 8.02. The van der Waals surface area contributed by atoms with Crippen LogP contribution in [-0.4, -0.2) is 77.6 Å². The summed E-state index contributed by atoms with van der Waals surface area (Å²) in [5.41, 5.74) is 2.03. The molecule has 2 atom stereocenters. The number of hydrogen-bond donors (Lipinski definition) is 0. The van der Waals surface area contributed by atoms with E-state index in [2.05, 4.69) is 33.8 Å². The van der Waals surface area contributed by atoms with Crippen LogP contribution in [0.2, 0.25) is 10.0 Å². The molecule has 234 valence electrons. The topological polar surface area (TPSA) is 83.8 Å². The number of nitrogens with zero attached hydrogens (tertiary/aromatic N) is 6. The fourth-order valence-electron chi connectivity index (χ4n) is 6.66. The van der Waals surface area contributed by atoms with Crippen molar-refractivity contribution in [3.05, 3.63) is 80.8 Å². The largest absolute Gasteiger partial charge is 0.474 e. The van der Waals surface area contributed by atoms with Gasteiger partial charge in [0.15, 0.2) is 11.2 Å². The van der Waals surface area contributed by atoms with E-state index < -0.39 is 0 Å². The Balaban J connectivity index is 1.26. The second-order valence-electron chi connectivity index (χ2n) is 12.8. The predicted octanol–water partition coefficient (Wildman–Crippen LogP) is 5.72. The monoisotopic (exact) mass is 646 g/mol. The number of benzene rings is 1. The molecule has 1 aliphatic carbocycles. The zero-order valence-corrected chi connectivity index (χ0v) is 27.1. The molecule has 11 heteroatoms. The molecule has 0 radical (unpaired) electrons. The van der Waals surface area contributed by atoms with Crippen LogP contribution in [-0.2, 0) is 0 Å². The number of likely N-dealkylation sites (N-methyl/N-ethyl adjacent to an activating group) is 1. The minimum Gasteiger partial charge on any atom is -0.474 e. The third-order valence-electron chi connectivity index (χ3n) is 9.56. The Morgan fingerprint density at radius 2 is 1.84 bits per heavy atom. The molecule has 4 aromatic rings. The van der Waals surface area contributed by atoms with Crippen molar-refractivity contribution >= 4 is 51.4 Å². The third-order valence-corrected chi connectivity index (χ3v) is 10.2. The zero-order chi connectivity index (χ0) is 31.4.